The first-order valence-corrected chi connectivity index (χ1v) is 7.19. The van der Waals surface area contributed by atoms with Gasteiger partial charge in [-0.05, 0) is 25.7 Å². The quantitative estimate of drug-likeness (QED) is 0.644. The van der Waals surface area contributed by atoms with Crippen molar-refractivity contribution >= 4 is 11.6 Å². The van der Waals surface area contributed by atoms with Crippen LogP contribution < -0.4 is 16.2 Å². The molecule has 0 bridgehead atoms. The minimum Gasteiger partial charge on any atom is -0.353 e. The van der Waals surface area contributed by atoms with E-state index in [1.165, 1.54) is 12.8 Å². The van der Waals surface area contributed by atoms with Gasteiger partial charge in [0.25, 0.3) is 0 Å². The molecule has 1 aliphatic heterocycles. The Labute approximate surface area is 115 Å². The fourth-order valence-corrected chi connectivity index (χ4v) is 2.88. The summed E-state index contributed by atoms with van der Waals surface area (Å²) in [5.74, 6) is 8.86. The highest BCUT2D eigenvalue weighted by Crippen LogP contribution is 2.32. The van der Waals surface area contributed by atoms with Gasteiger partial charge in [0.1, 0.15) is 17.5 Å². The highest BCUT2D eigenvalue weighted by Gasteiger charge is 2.30. The second kappa shape index (κ2) is 5.74. The molecule has 19 heavy (non-hydrogen) atoms. The van der Waals surface area contributed by atoms with E-state index >= 15 is 0 Å². The van der Waals surface area contributed by atoms with Gasteiger partial charge in [0.2, 0.25) is 0 Å². The Morgan fingerprint density at radius 1 is 1.42 bits per heavy atom. The van der Waals surface area contributed by atoms with Crippen molar-refractivity contribution in [2.75, 3.05) is 16.9 Å². The van der Waals surface area contributed by atoms with Crippen LogP contribution in [0.1, 0.15) is 45.0 Å². The van der Waals surface area contributed by atoms with Gasteiger partial charge in [-0.3, -0.25) is 0 Å². The minimum atomic E-state index is 0.573. The number of nitrogens with two attached hydrogens (primary N) is 1. The molecule has 1 saturated heterocycles. The minimum absolute atomic E-state index is 0.573. The molecule has 1 unspecified atom stereocenters. The Bertz CT molecular complexity index is 444. The van der Waals surface area contributed by atoms with Crippen molar-refractivity contribution < 1.29 is 0 Å². The predicted octanol–water partition coefficient (Wildman–Crippen LogP) is 2.26. The molecule has 1 aromatic heterocycles. The van der Waals surface area contributed by atoms with Gasteiger partial charge in [0.15, 0.2) is 0 Å². The van der Waals surface area contributed by atoms with Crippen LogP contribution >= 0.6 is 0 Å². The van der Waals surface area contributed by atoms with Gasteiger partial charge < -0.3 is 10.3 Å². The van der Waals surface area contributed by atoms with Crippen molar-refractivity contribution in [1.29, 1.82) is 0 Å². The van der Waals surface area contributed by atoms with E-state index in [-0.39, 0.29) is 0 Å². The van der Waals surface area contributed by atoms with Crippen molar-refractivity contribution in [2.24, 2.45) is 11.8 Å². The Morgan fingerprint density at radius 2 is 2.16 bits per heavy atom. The molecule has 3 N–H and O–H groups in total. The van der Waals surface area contributed by atoms with Gasteiger partial charge in [0, 0.05) is 24.6 Å². The topological polar surface area (TPSA) is 67.1 Å². The average molecular weight is 263 g/mol. The van der Waals surface area contributed by atoms with Crippen LogP contribution in [0.15, 0.2) is 0 Å². The number of hydrogen-bond acceptors (Lipinski definition) is 5. The van der Waals surface area contributed by atoms with E-state index in [0.29, 0.717) is 12.0 Å². The van der Waals surface area contributed by atoms with E-state index in [9.17, 15) is 0 Å². The number of rotatable bonds is 4. The molecule has 0 spiro atoms. The molecule has 0 amide bonds. The van der Waals surface area contributed by atoms with Crippen LogP contribution in [-0.4, -0.2) is 22.6 Å². The van der Waals surface area contributed by atoms with Gasteiger partial charge in [0.05, 0.1) is 0 Å². The van der Waals surface area contributed by atoms with E-state index in [1.54, 1.807) is 0 Å². The summed E-state index contributed by atoms with van der Waals surface area (Å²) >= 11 is 0. The number of nitrogens with one attached hydrogen (secondary N) is 1. The van der Waals surface area contributed by atoms with Crippen LogP contribution in [-0.2, 0) is 6.42 Å². The summed E-state index contributed by atoms with van der Waals surface area (Å²) in [5, 5.41) is 0. The third kappa shape index (κ3) is 2.66. The highest BCUT2D eigenvalue weighted by molar-refractivity contribution is 5.59. The van der Waals surface area contributed by atoms with E-state index in [1.807, 2.05) is 6.92 Å². The Morgan fingerprint density at radius 3 is 2.74 bits per heavy atom. The maximum atomic E-state index is 5.58. The summed E-state index contributed by atoms with van der Waals surface area (Å²) < 4.78 is 0. The van der Waals surface area contributed by atoms with Gasteiger partial charge >= 0.3 is 0 Å². The van der Waals surface area contributed by atoms with Gasteiger partial charge in [-0.2, -0.15) is 0 Å². The molecule has 1 aliphatic rings. The molecule has 5 heteroatoms. The molecule has 0 saturated carbocycles. The summed E-state index contributed by atoms with van der Waals surface area (Å²) in [5.41, 5.74) is 3.75. The highest BCUT2D eigenvalue weighted by atomic mass is 15.3. The number of nitrogens with zero attached hydrogens (tertiary/aromatic N) is 3. The van der Waals surface area contributed by atoms with Crippen molar-refractivity contribution in [3.8, 4) is 0 Å². The molecule has 1 aromatic rings. The van der Waals surface area contributed by atoms with E-state index in [0.717, 1.165) is 36.0 Å². The van der Waals surface area contributed by atoms with Crippen molar-refractivity contribution in [1.82, 2.24) is 9.97 Å². The molecule has 1 atom stereocenters. The number of hydrogen-bond donors (Lipinski definition) is 2. The summed E-state index contributed by atoms with van der Waals surface area (Å²) in [6.45, 7) is 9.75. The van der Waals surface area contributed by atoms with E-state index in [2.05, 4.69) is 36.1 Å². The zero-order valence-corrected chi connectivity index (χ0v) is 12.4. The average Bonchev–Trinajstić information content (AvgIpc) is 2.88. The standard InChI is InChI=1S/C14H25N5/c1-5-12-16-13(18-15)10(4)14(17-12)19-8-6-7-11(19)9(2)3/h9,11H,5-8,15H2,1-4H3,(H,16,17,18). The zero-order chi connectivity index (χ0) is 14.0. The van der Waals surface area contributed by atoms with Crippen LogP contribution in [0.25, 0.3) is 0 Å². The Kier molecular flexibility index (Phi) is 4.24. The van der Waals surface area contributed by atoms with E-state index < -0.39 is 0 Å². The largest absolute Gasteiger partial charge is 0.353 e. The first-order valence-electron chi connectivity index (χ1n) is 7.19. The number of aromatic nitrogens is 2. The van der Waals surface area contributed by atoms with Crippen LogP contribution in [0.3, 0.4) is 0 Å². The number of anilines is 2. The van der Waals surface area contributed by atoms with Crippen LogP contribution in [0.5, 0.6) is 0 Å². The maximum absolute atomic E-state index is 5.58. The fraction of sp³-hybridized carbons (Fsp3) is 0.714. The first kappa shape index (κ1) is 14.1. The third-order valence-corrected chi connectivity index (χ3v) is 3.96. The van der Waals surface area contributed by atoms with E-state index in [4.69, 9.17) is 10.8 Å². The SMILES string of the molecule is CCc1nc(NN)c(C)c(N2CCCC2C(C)C)n1. The number of hydrazine groups is 1. The molecular formula is C14H25N5. The Hall–Kier alpha value is -1.36. The smallest absolute Gasteiger partial charge is 0.148 e. The number of aryl methyl sites for hydroxylation is 1. The Balaban J connectivity index is 2.43. The van der Waals surface area contributed by atoms with Gasteiger partial charge in [-0.1, -0.05) is 20.8 Å². The fourth-order valence-electron chi connectivity index (χ4n) is 2.88. The molecule has 5 nitrogen and oxygen atoms in total. The monoisotopic (exact) mass is 263 g/mol. The van der Waals surface area contributed by atoms with Crippen LogP contribution in [0.4, 0.5) is 11.6 Å². The molecule has 2 heterocycles. The summed E-state index contributed by atoms with van der Waals surface area (Å²) in [6, 6.07) is 0.573. The third-order valence-electron chi connectivity index (χ3n) is 3.96. The second-order valence-corrected chi connectivity index (χ2v) is 5.58. The van der Waals surface area contributed by atoms with Crippen molar-refractivity contribution in [2.45, 2.75) is 53.0 Å². The molecule has 0 aliphatic carbocycles. The van der Waals surface area contributed by atoms with Crippen molar-refractivity contribution in [3.05, 3.63) is 11.4 Å². The normalized spacial score (nSPS) is 19.3. The predicted molar refractivity (Wildman–Crippen MR) is 79.2 cm³/mol. The lowest BCUT2D eigenvalue weighted by atomic mass is 10.0. The van der Waals surface area contributed by atoms with Crippen molar-refractivity contribution in [3.63, 3.8) is 0 Å². The molecule has 106 valence electrons. The number of nitrogen functional groups attached to an aromatic ring is 1. The molecule has 0 radical (unpaired) electrons. The zero-order valence-electron chi connectivity index (χ0n) is 12.4. The van der Waals surface area contributed by atoms with Gasteiger partial charge in [-0.25, -0.2) is 15.8 Å². The first-order chi connectivity index (χ1) is 9.08. The summed E-state index contributed by atoms with van der Waals surface area (Å²) in [6.07, 6.45) is 3.30. The van der Waals surface area contributed by atoms with Crippen LogP contribution in [0.2, 0.25) is 0 Å². The summed E-state index contributed by atoms with van der Waals surface area (Å²) in [4.78, 5) is 11.6. The van der Waals surface area contributed by atoms with Gasteiger partial charge in [-0.15, -0.1) is 0 Å². The molecule has 1 fully saturated rings. The molecule has 0 aromatic carbocycles. The summed E-state index contributed by atoms with van der Waals surface area (Å²) in [7, 11) is 0. The van der Waals surface area contributed by atoms with Crippen LogP contribution in [0, 0.1) is 12.8 Å². The lowest BCUT2D eigenvalue weighted by Gasteiger charge is -2.30. The molecular weight excluding hydrogens is 238 g/mol. The lowest BCUT2D eigenvalue weighted by Crippen LogP contribution is -2.35. The second-order valence-electron chi connectivity index (χ2n) is 5.58. The lowest BCUT2D eigenvalue weighted by molar-refractivity contribution is 0.488. The molecule has 2 rings (SSSR count). The maximum Gasteiger partial charge on any atom is 0.148 e.